The predicted molar refractivity (Wildman–Crippen MR) is 87.6 cm³/mol. The summed E-state index contributed by atoms with van der Waals surface area (Å²) in [5, 5.41) is 1.46. The van der Waals surface area contributed by atoms with Crippen LogP contribution in [-0.4, -0.2) is 11.0 Å². The summed E-state index contributed by atoms with van der Waals surface area (Å²) in [6.45, 7) is 1.84. The van der Waals surface area contributed by atoms with E-state index in [2.05, 4.69) is 0 Å². The molecule has 0 saturated heterocycles. The minimum atomic E-state index is -0.274. The number of carbonyl (C=O) groups excluding carboxylic acids is 1. The molecule has 0 aliphatic carbocycles. The Labute approximate surface area is 137 Å². The van der Waals surface area contributed by atoms with Crippen molar-refractivity contribution in [3.05, 3.63) is 63.1 Å². The number of Topliss-reactive ketones (excluding diaryl/α,β-unsaturated/α-hetero) is 1. The van der Waals surface area contributed by atoms with Gasteiger partial charge in [0.05, 0.1) is 10.3 Å². The summed E-state index contributed by atoms with van der Waals surface area (Å²) in [5.41, 5.74) is 0.593. The van der Waals surface area contributed by atoms with Crippen molar-refractivity contribution >= 4 is 52.3 Å². The molecule has 2 aromatic rings. The Bertz CT molecular complexity index is 643. The van der Waals surface area contributed by atoms with Crippen LogP contribution in [-0.2, 0) is 0 Å². The van der Waals surface area contributed by atoms with Crippen LogP contribution in [0.1, 0.15) is 17.3 Å². The van der Waals surface area contributed by atoms with Crippen molar-refractivity contribution in [2.24, 2.45) is 0 Å². The third-order valence-electron chi connectivity index (χ3n) is 2.68. The van der Waals surface area contributed by atoms with Gasteiger partial charge in [0.2, 0.25) is 0 Å². The summed E-state index contributed by atoms with van der Waals surface area (Å²) in [5.74, 6) is 0.00791. The van der Waals surface area contributed by atoms with Crippen LogP contribution in [0.2, 0.25) is 15.1 Å². The number of hydrogen-bond donors (Lipinski definition) is 0. The van der Waals surface area contributed by atoms with Crippen LogP contribution in [0.5, 0.6) is 0 Å². The number of ketones is 1. The summed E-state index contributed by atoms with van der Waals surface area (Å²) in [6, 6.07) is 12.1. The van der Waals surface area contributed by atoms with Crippen molar-refractivity contribution in [2.75, 3.05) is 0 Å². The van der Waals surface area contributed by atoms with Crippen LogP contribution in [0.15, 0.2) is 47.4 Å². The van der Waals surface area contributed by atoms with Crippen LogP contribution in [0.4, 0.5) is 0 Å². The minimum Gasteiger partial charge on any atom is -0.293 e. The number of halogens is 3. The predicted octanol–water partition coefficient (Wildman–Crippen LogP) is 6.01. The standard InChI is InChI=1S/C15H11Cl3OS/c1-9(15(19)10-3-2-4-11(16)7-10)20-14-8-12(17)5-6-13(14)18/h2-9H,1H3. The van der Waals surface area contributed by atoms with Crippen molar-refractivity contribution in [2.45, 2.75) is 17.1 Å². The first-order valence-corrected chi connectivity index (χ1v) is 7.90. The molecule has 2 aromatic carbocycles. The molecule has 20 heavy (non-hydrogen) atoms. The largest absolute Gasteiger partial charge is 0.293 e. The van der Waals surface area contributed by atoms with Gasteiger partial charge in [-0.1, -0.05) is 46.9 Å². The molecule has 104 valence electrons. The lowest BCUT2D eigenvalue weighted by Gasteiger charge is -2.12. The molecule has 0 bridgehead atoms. The molecule has 0 radical (unpaired) electrons. The second-order valence-electron chi connectivity index (χ2n) is 4.21. The van der Waals surface area contributed by atoms with E-state index in [1.165, 1.54) is 11.8 Å². The number of benzene rings is 2. The van der Waals surface area contributed by atoms with E-state index in [4.69, 9.17) is 34.8 Å². The SMILES string of the molecule is CC(Sc1cc(Cl)ccc1Cl)C(=O)c1cccc(Cl)c1. The molecule has 1 nitrogen and oxygen atoms in total. The Hall–Kier alpha value is -0.670. The Morgan fingerprint density at radius 1 is 1.05 bits per heavy atom. The number of thioether (sulfide) groups is 1. The van der Waals surface area contributed by atoms with Crippen molar-refractivity contribution in [1.29, 1.82) is 0 Å². The van der Waals surface area contributed by atoms with Gasteiger partial charge in [-0.15, -0.1) is 11.8 Å². The van der Waals surface area contributed by atoms with Crippen LogP contribution in [0, 0.1) is 0 Å². The second-order valence-corrected chi connectivity index (χ2v) is 6.87. The topological polar surface area (TPSA) is 17.1 Å². The average Bonchev–Trinajstić information content (AvgIpc) is 2.42. The molecule has 0 amide bonds. The highest BCUT2D eigenvalue weighted by Crippen LogP contribution is 2.33. The maximum atomic E-state index is 12.3. The lowest BCUT2D eigenvalue weighted by atomic mass is 10.1. The summed E-state index contributed by atoms with van der Waals surface area (Å²) in [4.78, 5) is 13.1. The van der Waals surface area contributed by atoms with E-state index in [0.29, 0.717) is 20.6 Å². The maximum absolute atomic E-state index is 12.3. The highest BCUT2D eigenvalue weighted by atomic mass is 35.5. The number of rotatable bonds is 4. The molecule has 0 aromatic heterocycles. The Morgan fingerprint density at radius 2 is 1.75 bits per heavy atom. The normalized spacial score (nSPS) is 12.2. The van der Waals surface area contributed by atoms with Gasteiger partial charge in [-0.25, -0.2) is 0 Å². The van der Waals surface area contributed by atoms with E-state index >= 15 is 0 Å². The van der Waals surface area contributed by atoms with E-state index < -0.39 is 0 Å². The third-order valence-corrected chi connectivity index (χ3v) is 4.75. The molecule has 0 spiro atoms. The van der Waals surface area contributed by atoms with E-state index in [1.807, 2.05) is 6.92 Å². The lowest BCUT2D eigenvalue weighted by molar-refractivity contribution is 0.0994. The summed E-state index contributed by atoms with van der Waals surface area (Å²) in [7, 11) is 0. The number of hydrogen-bond acceptors (Lipinski definition) is 2. The molecule has 0 heterocycles. The first-order valence-electron chi connectivity index (χ1n) is 5.89. The van der Waals surface area contributed by atoms with E-state index in [1.54, 1.807) is 42.5 Å². The van der Waals surface area contributed by atoms with E-state index in [9.17, 15) is 4.79 Å². The smallest absolute Gasteiger partial charge is 0.175 e. The molecule has 0 fully saturated rings. The molecule has 5 heteroatoms. The molecule has 1 atom stereocenters. The first kappa shape index (κ1) is 15.7. The zero-order chi connectivity index (χ0) is 14.7. The van der Waals surface area contributed by atoms with Gasteiger partial charge in [0.15, 0.2) is 5.78 Å². The molecular weight excluding hydrogens is 335 g/mol. The zero-order valence-electron chi connectivity index (χ0n) is 10.6. The summed E-state index contributed by atoms with van der Waals surface area (Å²) in [6.07, 6.45) is 0. The maximum Gasteiger partial charge on any atom is 0.175 e. The highest BCUT2D eigenvalue weighted by molar-refractivity contribution is 8.00. The molecule has 2 rings (SSSR count). The van der Waals surface area contributed by atoms with Gasteiger partial charge in [0.25, 0.3) is 0 Å². The quantitative estimate of drug-likeness (QED) is 0.498. The fraction of sp³-hybridized carbons (Fsp3) is 0.133. The fourth-order valence-electron chi connectivity index (χ4n) is 1.69. The molecule has 0 saturated carbocycles. The molecular formula is C15H11Cl3OS. The van der Waals surface area contributed by atoms with Gasteiger partial charge in [0.1, 0.15) is 0 Å². The van der Waals surface area contributed by atoms with Crippen LogP contribution in [0.25, 0.3) is 0 Å². The molecule has 0 aliphatic rings. The van der Waals surface area contributed by atoms with Gasteiger partial charge in [0, 0.05) is 20.5 Å². The van der Waals surface area contributed by atoms with Crippen molar-refractivity contribution in [3.8, 4) is 0 Å². The fourth-order valence-corrected chi connectivity index (χ4v) is 3.37. The minimum absolute atomic E-state index is 0.00791. The Balaban J connectivity index is 2.17. The number of carbonyl (C=O) groups is 1. The van der Waals surface area contributed by atoms with Gasteiger partial charge >= 0.3 is 0 Å². The van der Waals surface area contributed by atoms with Gasteiger partial charge in [-0.2, -0.15) is 0 Å². The van der Waals surface area contributed by atoms with Gasteiger partial charge in [-0.3, -0.25) is 4.79 Å². The summed E-state index contributed by atoms with van der Waals surface area (Å²) >= 11 is 19.3. The highest BCUT2D eigenvalue weighted by Gasteiger charge is 2.18. The molecule has 0 N–H and O–H groups in total. The van der Waals surface area contributed by atoms with E-state index in [-0.39, 0.29) is 11.0 Å². The van der Waals surface area contributed by atoms with Crippen molar-refractivity contribution < 1.29 is 4.79 Å². The third kappa shape index (κ3) is 3.92. The first-order chi connectivity index (χ1) is 9.47. The van der Waals surface area contributed by atoms with Crippen LogP contribution >= 0.6 is 46.6 Å². The molecule has 1 unspecified atom stereocenters. The Kier molecular flexibility index (Phi) is 5.39. The van der Waals surface area contributed by atoms with Gasteiger partial charge < -0.3 is 0 Å². The average molecular weight is 346 g/mol. The Morgan fingerprint density at radius 3 is 2.45 bits per heavy atom. The van der Waals surface area contributed by atoms with Gasteiger partial charge in [-0.05, 0) is 37.3 Å². The van der Waals surface area contributed by atoms with Crippen LogP contribution < -0.4 is 0 Å². The van der Waals surface area contributed by atoms with E-state index in [0.717, 1.165) is 4.90 Å². The molecule has 0 aliphatic heterocycles. The summed E-state index contributed by atoms with van der Waals surface area (Å²) < 4.78 is 0. The lowest BCUT2D eigenvalue weighted by Crippen LogP contribution is -2.13. The second kappa shape index (κ2) is 6.86. The van der Waals surface area contributed by atoms with Crippen LogP contribution in [0.3, 0.4) is 0 Å². The monoisotopic (exact) mass is 344 g/mol. The van der Waals surface area contributed by atoms with Crippen molar-refractivity contribution in [1.82, 2.24) is 0 Å². The van der Waals surface area contributed by atoms with Crippen molar-refractivity contribution in [3.63, 3.8) is 0 Å². The zero-order valence-corrected chi connectivity index (χ0v) is 13.7.